The Morgan fingerprint density at radius 1 is 1.00 bits per heavy atom. The lowest BCUT2D eigenvalue weighted by Crippen LogP contribution is -2.39. The SMILES string of the molecule is CC(C)CC(=O)NC(N)=N[C@H](Cc1ccccc1)C(=O)CCc1ccc(S(N)(=O)=O)cc1. The first-order valence-electron chi connectivity index (χ1n) is 10.4. The van der Waals surface area contributed by atoms with Gasteiger partial charge in [0.1, 0.15) is 6.04 Å². The van der Waals surface area contributed by atoms with Crippen LogP contribution in [0.15, 0.2) is 64.5 Å². The third-order valence-electron chi connectivity index (χ3n) is 4.71. The summed E-state index contributed by atoms with van der Waals surface area (Å²) in [6.07, 6.45) is 1.25. The molecule has 9 heteroatoms. The number of aryl methyl sites for hydroxylation is 1. The molecule has 0 saturated carbocycles. The lowest BCUT2D eigenvalue weighted by atomic mass is 9.98. The van der Waals surface area contributed by atoms with Crippen molar-refractivity contribution < 1.29 is 18.0 Å². The van der Waals surface area contributed by atoms with E-state index >= 15 is 0 Å². The minimum atomic E-state index is -3.76. The zero-order valence-electron chi connectivity index (χ0n) is 18.3. The van der Waals surface area contributed by atoms with Crippen molar-refractivity contribution >= 4 is 27.7 Å². The number of rotatable bonds is 10. The first-order chi connectivity index (χ1) is 15.0. The Hall–Kier alpha value is -3.04. The molecule has 0 saturated heterocycles. The molecular formula is C23H30N4O4S. The van der Waals surface area contributed by atoms with Gasteiger partial charge >= 0.3 is 0 Å². The molecule has 1 atom stereocenters. The smallest absolute Gasteiger partial charge is 0.238 e. The molecule has 1 amide bonds. The van der Waals surface area contributed by atoms with Crippen LogP contribution in [0.5, 0.6) is 0 Å². The topological polar surface area (TPSA) is 145 Å². The molecule has 2 rings (SSSR count). The van der Waals surface area contributed by atoms with E-state index in [1.165, 1.54) is 12.1 Å². The van der Waals surface area contributed by atoms with Crippen LogP contribution >= 0.6 is 0 Å². The van der Waals surface area contributed by atoms with Crippen molar-refractivity contribution in [2.24, 2.45) is 21.8 Å². The second-order valence-electron chi connectivity index (χ2n) is 8.02. The van der Waals surface area contributed by atoms with Crippen LogP contribution in [0.4, 0.5) is 0 Å². The van der Waals surface area contributed by atoms with Crippen LogP contribution in [-0.2, 0) is 32.5 Å². The third kappa shape index (κ3) is 8.60. The van der Waals surface area contributed by atoms with Crippen LogP contribution in [0.1, 0.15) is 37.8 Å². The van der Waals surface area contributed by atoms with Crippen LogP contribution in [0.25, 0.3) is 0 Å². The maximum atomic E-state index is 13.0. The van der Waals surface area contributed by atoms with Gasteiger partial charge in [0.15, 0.2) is 11.7 Å². The Labute approximate surface area is 189 Å². The number of amides is 1. The van der Waals surface area contributed by atoms with E-state index in [4.69, 9.17) is 10.9 Å². The van der Waals surface area contributed by atoms with Gasteiger partial charge in [-0.1, -0.05) is 56.3 Å². The summed E-state index contributed by atoms with van der Waals surface area (Å²) in [6, 6.07) is 14.8. The highest BCUT2D eigenvalue weighted by atomic mass is 32.2. The monoisotopic (exact) mass is 458 g/mol. The number of hydrogen-bond donors (Lipinski definition) is 3. The molecular weight excluding hydrogens is 428 g/mol. The molecule has 172 valence electrons. The van der Waals surface area contributed by atoms with Crippen LogP contribution in [0.2, 0.25) is 0 Å². The first kappa shape index (κ1) is 25.2. The highest BCUT2D eigenvalue weighted by Gasteiger charge is 2.19. The lowest BCUT2D eigenvalue weighted by molar-refractivity contribution is -0.121. The average Bonchev–Trinajstić information content (AvgIpc) is 2.71. The molecule has 0 fully saturated rings. The van der Waals surface area contributed by atoms with E-state index in [1.54, 1.807) is 12.1 Å². The fourth-order valence-electron chi connectivity index (χ4n) is 3.11. The van der Waals surface area contributed by atoms with E-state index in [1.807, 2.05) is 44.2 Å². The molecule has 2 aromatic rings. The zero-order valence-corrected chi connectivity index (χ0v) is 19.1. The fraction of sp³-hybridized carbons (Fsp3) is 0.348. The highest BCUT2D eigenvalue weighted by Crippen LogP contribution is 2.14. The van der Waals surface area contributed by atoms with Gasteiger partial charge in [0.25, 0.3) is 0 Å². The molecule has 0 heterocycles. The van der Waals surface area contributed by atoms with E-state index in [9.17, 15) is 18.0 Å². The number of primary sulfonamides is 1. The fourth-order valence-corrected chi connectivity index (χ4v) is 3.63. The van der Waals surface area contributed by atoms with Gasteiger partial charge in [0.2, 0.25) is 15.9 Å². The highest BCUT2D eigenvalue weighted by molar-refractivity contribution is 7.89. The molecule has 0 spiro atoms. The molecule has 0 unspecified atom stereocenters. The number of carbonyl (C=O) groups is 2. The van der Waals surface area contributed by atoms with Gasteiger partial charge in [0, 0.05) is 19.3 Å². The van der Waals surface area contributed by atoms with E-state index in [0.29, 0.717) is 19.3 Å². The molecule has 0 aromatic heterocycles. The Bertz CT molecular complexity index is 1050. The number of nitrogens with one attached hydrogen (secondary N) is 1. The predicted molar refractivity (Wildman–Crippen MR) is 124 cm³/mol. The number of nitrogens with zero attached hydrogens (tertiary/aromatic N) is 1. The quantitative estimate of drug-likeness (QED) is 0.368. The summed E-state index contributed by atoms with van der Waals surface area (Å²) in [6.45, 7) is 3.84. The van der Waals surface area contributed by atoms with E-state index in [2.05, 4.69) is 10.3 Å². The average molecular weight is 459 g/mol. The Balaban J connectivity index is 2.11. The largest absolute Gasteiger partial charge is 0.370 e. The number of carbonyl (C=O) groups excluding carboxylic acids is 2. The predicted octanol–water partition coefficient (Wildman–Crippen LogP) is 1.92. The maximum Gasteiger partial charge on any atom is 0.238 e. The maximum absolute atomic E-state index is 13.0. The van der Waals surface area contributed by atoms with Crippen LogP contribution in [0.3, 0.4) is 0 Å². The van der Waals surface area contributed by atoms with E-state index in [0.717, 1.165) is 11.1 Å². The molecule has 0 bridgehead atoms. The van der Waals surface area contributed by atoms with Gasteiger partial charge in [-0.25, -0.2) is 18.5 Å². The number of aliphatic imine (C=N–C) groups is 1. The number of hydrogen-bond acceptors (Lipinski definition) is 5. The summed E-state index contributed by atoms with van der Waals surface area (Å²) in [4.78, 5) is 29.2. The Morgan fingerprint density at radius 2 is 1.62 bits per heavy atom. The van der Waals surface area contributed by atoms with Gasteiger partial charge in [-0.2, -0.15) is 0 Å². The molecule has 0 aliphatic heterocycles. The first-order valence-corrected chi connectivity index (χ1v) is 11.9. The minimum absolute atomic E-state index is 0.0176. The number of guanidine groups is 1. The van der Waals surface area contributed by atoms with Crippen molar-refractivity contribution in [1.82, 2.24) is 5.32 Å². The number of Topliss-reactive ketones (excluding diaryl/α,β-unsaturated/α-hetero) is 1. The number of ketones is 1. The summed E-state index contributed by atoms with van der Waals surface area (Å²) in [5.41, 5.74) is 7.63. The molecule has 32 heavy (non-hydrogen) atoms. The number of benzene rings is 2. The van der Waals surface area contributed by atoms with Gasteiger partial charge < -0.3 is 5.73 Å². The molecule has 8 nitrogen and oxygen atoms in total. The van der Waals surface area contributed by atoms with Gasteiger partial charge in [-0.15, -0.1) is 0 Å². The second-order valence-corrected chi connectivity index (χ2v) is 9.58. The summed E-state index contributed by atoms with van der Waals surface area (Å²) >= 11 is 0. The summed E-state index contributed by atoms with van der Waals surface area (Å²) in [5, 5.41) is 7.66. The number of sulfonamides is 1. The summed E-state index contributed by atoms with van der Waals surface area (Å²) in [5.74, 6) is -0.292. The minimum Gasteiger partial charge on any atom is -0.370 e. The second kappa shape index (κ2) is 11.5. The van der Waals surface area contributed by atoms with Gasteiger partial charge in [-0.05, 0) is 35.6 Å². The standard InChI is InChI=1S/C23H30N4O4S/c1-16(2)14-22(29)27-23(24)26-20(15-18-6-4-3-5-7-18)21(28)13-10-17-8-11-19(12-9-17)32(25,30)31/h3-9,11-12,16,20H,10,13-15H2,1-2H3,(H2,25,30,31)(H3,24,26,27,29)/t20-/m1/s1. The molecule has 0 aliphatic rings. The zero-order chi connectivity index (χ0) is 23.7. The van der Waals surface area contributed by atoms with Crippen molar-refractivity contribution in [3.63, 3.8) is 0 Å². The third-order valence-corrected chi connectivity index (χ3v) is 5.64. The molecule has 2 aromatic carbocycles. The van der Waals surface area contributed by atoms with E-state index < -0.39 is 16.1 Å². The Kier molecular flexibility index (Phi) is 9.10. The summed E-state index contributed by atoms with van der Waals surface area (Å²) < 4.78 is 22.8. The van der Waals surface area contributed by atoms with Crippen LogP contribution in [-0.4, -0.2) is 32.1 Å². The van der Waals surface area contributed by atoms with Crippen molar-refractivity contribution in [2.45, 2.75) is 50.5 Å². The van der Waals surface area contributed by atoms with Gasteiger partial charge in [0.05, 0.1) is 4.90 Å². The Morgan fingerprint density at radius 3 is 2.19 bits per heavy atom. The van der Waals surface area contributed by atoms with Crippen LogP contribution in [0, 0.1) is 5.92 Å². The van der Waals surface area contributed by atoms with Crippen molar-refractivity contribution in [1.29, 1.82) is 0 Å². The molecule has 0 radical (unpaired) electrons. The van der Waals surface area contributed by atoms with Crippen molar-refractivity contribution in [2.75, 3.05) is 0 Å². The number of nitrogens with two attached hydrogens (primary N) is 2. The van der Waals surface area contributed by atoms with E-state index in [-0.39, 0.29) is 34.9 Å². The van der Waals surface area contributed by atoms with Crippen LogP contribution < -0.4 is 16.2 Å². The molecule has 5 N–H and O–H groups in total. The lowest BCUT2D eigenvalue weighted by Gasteiger charge is -2.14. The summed E-state index contributed by atoms with van der Waals surface area (Å²) in [7, 11) is -3.76. The molecule has 0 aliphatic carbocycles. The van der Waals surface area contributed by atoms with Gasteiger partial charge in [-0.3, -0.25) is 14.9 Å². The van der Waals surface area contributed by atoms with Crippen molar-refractivity contribution in [3.05, 3.63) is 65.7 Å². The van der Waals surface area contributed by atoms with Crippen molar-refractivity contribution in [3.8, 4) is 0 Å². The normalized spacial score (nSPS) is 13.1.